The minimum atomic E-state index is -2.69. The van der Waals surface area contributed by atoms with Crippen molar-refractivity contribution in [1.29, 1.82) is 0 Å². The molecule has 0 aliphatic rings. The van der Waals surface area contributed by atoms with E-state index in [-0.39, 0.29) is 27.2 Å². The fraction of sp³-hybridized carbons (Fsp3) is 0.333. The summed E-state index contributed by atoms with van der Waals surface area (Å²) in [5, 5.41) is -0.000551. The molecule has 0 aliphatic carbocycles. The monoisotopic (exact) mass is 313 g/mol. The molecule has 0 N–H and O–H groups in total. The van der Waals surface area contributed by atoms with Gasteiger partial charge in [0.1, 0.15) is 0 Å². The largest absolute Gasteiger partial charge is 0.464 e. The average Bonchev–Trinajstić information content (AvgIpc) is 2.27. The third-order valence-corrected chi connectivity index (χ3v) is 2.87. The molecule has 0 saturated heterocycles. The zero-order valence-electron chi connectivity index (χ0n) is 8.14. The number of esters is 1. The number of rotatable bonds is 3. The third kappa shape index (κ3) is 2.49. The van der Waals surface area contributed by atoms with Gasteiger partial charge in [-0.15, -0.1) is 0 Å². The van der Waals surface area contributed by atoms with Gasteiger partial charge in [-0.05, 0) is 5.56 Å². The normalized spacial score (nSPS) is 10.6. The third-order valence-electron chi connectivity index (χ3n) is 1.90. The Morgan fingerprint density at radius 1 is 1.69 bits per heavy atom. The Balaban J connectivity index is 3.34. The number of methoxy groups -OCH3 is 1. The van der Waals surface area contributed by atoms with Gasteiger partial charge in [-0.25, -0.2) is 18.6 Å². The van der Waals surface area contributed by atoms with Crippen molar-refractivity contribution >= 4 is 33.5 Å². The summed E-state index contributed by atoms with van der Waals surface area (Å²) >= 11 is 8.84. The van der Waals surface area contributed by atoms with E-state index >= 15 is 0 Å². The summed E-state index contributed by atoms with van der Waals surface area (Å²) in [7, 11) is 1.16. The van der Waals surface area contributed by atoms with Gasteiger partial charge in [-0.1, -0.05) is 27.5 Å². The molecule has 88 valence electrons. The number of alkyl halides is 3. The van der Waals surface area contributed by atoms with Crippen LogP contribution in [0, 0.1) is 0 Å². The Morgan fingerprint density at radius 2 is 2.31 bits per heavy atom. The number of carbonyl (C=O) groups excluding carboxylic acids is 1. The highest BCUT2D eigenvalue weighted by molar-refractivity contribution is 9.08. The summed E-state index contributed by atoms with van der Waals surface area (Å²) in [4.78, 5) is 14.8. The van der Waals surface area contributed by atoms with E-state index in [0.29, 0.717) is 0 Å². The lowest BCUT2D eigenvalue weighted by molar-refractivity contribution is 0.0593. The number of pyridine rings is 1. The van der Waals surface area contributed by atoms with Crippen molar-refractivity contribution in [2.75, 3.05) is 7.11 Å². The number of aromatic nitrogens is 1. The standard InChI is InChI=1S/C9H7BrClF2NO2/c1-16-9(15)7-6(11)4(2-10)5(3-14-7)8(12)13/h3,8H,2H2,1H3. The molecule has 1 rings (SSSR count). The fourth-order valence-electron chi connectivity index (χ4n) is 1.10. The first-order valence-electron chi connectivity index (χ1n) is 4.12. The molecule has 0 aliphatic heterocycles. The van der Waals surface area contributed by atoms with Crippen molar-refractivity contribution in [3.8, 4) is 0 Å². The van der Waals surface area contributed by atoms with Gasteiger partial charge >= 0.3 is 5.97 Å². The van der Waals surface area contributed by atoms with Crippen molar-refractivity contribution in [1.82, 2.24) is 4.98 Å². The molecule has 0 atom stereocenters. The Kier molecular flexibility index (Phi) is 4.61. The molecule has 1 heterocycles. The van der Waals surface area contributed by atoms with Crippen LogP contribution < -0.4 is 0 Å². The molecule has 0 unspecified atom stereocenters. The second kappa shape index (κ2) is 5.54. The molecule has 1 aromatic rings. The van der Waals surface area contributed by atoms with Gasteiger partial charge in [-0.3, -0.25) is 0 Å². The molecule has 1 aromatic heterocycles. The highest BCUT2D eigenvalue weighted by atomic mass is 79.9. The van der Waals surface area contributed by atoms with Crippen LogP contribution in [0.5, 0.6) is 0 Å². The van der Waals surface area contributed by atoms with Gasteiger partial charge in [0.2, 0.25) is 0 Å². The second-order valence-corrected chi connectivity index (χ2v) is 3.72. The van der Waals surface area contributed by atoms with Gasteiger partial charge in [-0.2, -0.15) is 0 Å². The quantitative estimate of drug-likeness (QED) is 0.634. The van der Waals surface area contributed by atoms with Crippen LogP contribution in [-0.2, 0) is 10.1 Å². The number of carbonyl (C=O) groups is 1. The molecule has 0 spiro atoms. The van der Waals surface area contributed by atoms with Crippen LogP contribution in [-0.4, -0.2) is 18.1 Å². The molecule has 0 aromatic carbocycles. The lowest BCUT2D eigenvalue weighted by Gasteiger charge is -2.10. The van der Waals surface area contributed by atoms with Crippen LogP contribution in [0.2, 0.25) is 5.02 Å². The lowest BCUT2D eigenvalue weighted by atomic mass is 10.1. The first kappa shape index (κ1) is 13.3. The lowest BCUT2D eigenvalue weighted by Crippen LogP contribution is -2.08. The van der Waals surface area contributed by atoms with Gasteiger partial charge in [0.15, 0.2) is 5.69 Å². The molecule has 0 bridgehead atoms. The maximum Gasteiger partial charge on any atom is 0.358 e. The van der Waals surface area contributed by atoms with Gasteiger partial charge < -0.3 is 4.74 Å². The summed E-state index contributed by atoms with van der Waals surface area (Å²) < 4.78 is 29.6. The highest BCUT2D eigenvalue weighted by Crippen LogP contribution is 2.31. The zero-order chi connectivity index (χ0) is 12.3. The minimum Gasteiger partial charge on any atom is -0.464 e. The van der Waals surface area contributed by atoms with Gasteiger partial charge in [0, 0.05) is 17.1 Å². The highest BCUT2D eigenvalue weighted by Gasteiger charge is 2.22. The minimum absolute atomic E-state index is 0.109. The van der Waals surface area contributed by atoms with E-state index < -0.39 is 12.4 Å². The summed E-state index contributed by atoms with van der Waals surface area (Å²) in [6, 6.07) is 0. The maximum atomic E-state index is 12.6. The zero-order valence-corrected chi connectivity index (χ0v) is 10.5. The van der Waals surface area contributed by atoms with Crippen LogP contribution in [0.25, 0.3) is 0 Å². The average molecular weight is 315 g/mol. The molecular weight excluding hydrogens is 307 g/mol. The van der Waals surface area contributed by atoms with Crippen molar-refractivity contribution in [3.63, 3.8) is 0 Å². The molecule has 0 radical (unpaired) electrons. The van der Waals surface area contributed by atoms with Crippen molar-refractivity contribution in [2.24, 2.45) is 0 Å². The summed E-state index contributed by atoms with van der Waals surface area (Å²) in [5.74, 6) is -0.756. The number of nitrogens with zero attached hydrogens (tertiary/aromatic N) is 1. The van der Waals surface area contributed by atoms with Crippen molar-refractivity contribution in [2.45, 2.75) is 11.8 Å². The first-order valence-corrected chi connectivity index (χ1v) is 5.62. The van der Waals surface area contributed by atoms with Crippen LogP contribution in [0.1, 0.15) is 28.0 Å². The Morgan fingerprint density at radius 3 is 2.75 bits per heavy atom. The molecule has 3 nitrogen and oxygen atoms in total. The Hall–Kier alpha value is -0.750. The summed E-state index contributed by atoms with van der Waals surface area (Å²) in [5.41, 5.74) is -0.315. The van der Waals surface area contributed by atoms with E-state index in [1.54, 1.807) is 0 Å². The number of hydrogen-bond acceptors (Lipinski definition) is 3. The smallest absolute Gasteiger partial charge is 0.358 e. The first-order chi connectivity index (χ1) is 7.52. The van der Waals surface area contributed by atoms with E-state index in [1.165, 1.54) is 0 Å². The van der Waals surface area contributed by atoms with Crippen LogP contribution in [0.4, 0.5) is 8.78 Å². The van der Waals surface area contributed by atoms with E-state index in [0.717, 1.165) is 13.3 Å². The number of ether oxygens (including phenoxy) is 1. The number of hydrogen-bond donors (Lipinski definition) is 0. The van der Waals surface area contributed by atoms with Crippen molar-refractivity contribution in [3.05, 3.63) is 28.0 Å². The van der Waals surface area contributed by atoms with Gasteiger partial charge in [0.05, 0.1) is 12.1 Å². The van der Waals surface area contributed by atoms with Crippen LogP contribution in [0.15, 0.2) is 6.20 Å². The number of halogens is 4. The summed E-state index contributed by atoms with van der Waals surface area (Å²) in [6.45, 7) is 0. The molecule has 0 amide bonds. The van der Waals surface area contributed by atoms with E-state index in [4.69, 9.17) is 11.6 Å². The molecule has 0 saturated carbocycles. The Bertz CT molecular complexity index is 415. The summed E-state index contributed by atoms with van der Waals surface area (Å²) in [6.07, 6.45) is -1.76. The van der Waals surface area contributed by atoms with E-state index in [9.17, 15) is 13.6 Å². The Labute approximate surface area is 104 Å². The molecule has 16 heavy (non-hydrogen) atoms. The topological polar surface area (TPSA) is 39.2 Å². The van der Waals surface area contributed by atoms with E-state index in [2.05, 4.69) is 25.7 Å². The molecule has 0 fully saturated rings. The van der Waals surface area contributed by atoms with E-state index in [1.807, 2.05) is 0 Å². The van der Waals surface area contributed by atoms with Crippen molar-refractivity contribution < 1.29 is 18.3 Å². The SMILES string of the molecule is COC(=O)c1ncc(C(F)F)c(CBr)c1Cl. The van der Waals surface area contributed by atoms with Crippen LogP contribution in [0.3, 0.4) is 0 Å². The maximum absolute atomic E-state index is 12.6. The van der Waals surface area contributed by atoms with Crippen LogP contribution >= 0.6 is 27.5 Å². The second-order valence-electron chi connectivity index (χ2n) is 2.78. The van der Waals surface area contributed by atoms with Gasteiger partial charge in [0.25, 0.3) is 6.43 Å². The predicted molar refractivity (Wildman–Crippen MR) is 58.2 cm³/mol. The molecular formula is C9H7BrClF2NO2. The predicted octanol–water partition coefficient (Wildman–Crippen LogP) is 3.35. The fourth-order valence-corrected chi connectivity index (χ4v) is 2.17. The molecule has 7 heteroatoms.